The fourth-order valence-corrected chi connectivity index (χ4v) is 2.99. The third-order valence-electron chi connectivity index (χ3n) is 3.15. The van der Waals surface area contributed by atoms with E-state index in [0.717, 1.165) is 19.3 Å². The lowest BCUT2D eigenvalue weighted by atomic mass is 9.86. The highest BCUT2D eigenvalue weighted by Gasteiger charge is 2.25. The zero-order chi connectivity index (χ0) is 11.5. The van der Waals surface area contributed by atoms with Crippen molar-refractivity contribution in [1.29, 1.82) is 0 Å². The number of hydrogen-bond donors (Lipinski definition) is 0. The maximum Gasteiger partial charge on any atom is 0.152 e. The summed E-state index contributed by atoms with van der Waals surface area (Å²) in [5.41, 5.74) is 0. The summed E-state index contributed by atoms with van der Waals surface area (Å²) >= 11 is 0. The minimum atomic E-state index is -2.97. The van der Waals surface area contributed by atoms with E-state index in [4.69, 9.17) is 0 Å². The average molecular weight is 232 g/mol. The molecule has 0 spiro atoms. The SMILES string of the molecule is CC(C)S(=O)(=O)CCC1CCCCC1=O. The number of carbonyl (C=O) groups excluding carboxylic acids is 1. The van der Waals surface area contributed by atoms with Gasteiger partial charge in [0.1, 0.15) is 5.78 Å². The molecule has 0 bridgehead atoms. The summed E-state index contributed by atoms with van der Waals surface area (Å²) in [5, 5.41) is -0.323. The molecule has 0 saturated heterocycles. The quantitative estimate of drug-likeness (QED) is 0.744. The van der Waals surface area contributed by atoms with Crippen LogP contribution in [0.15, 0.2) is 0 Å². The van der Waals surface area contributed by atoms with E-state index >= 15 is 0 Å². The molecule has 1 atom stereocenters. The van der Waals surface area contributed by atoms with E-state index in [1.54, 1.807) is 13.8 Å². The van der Waals surface area contributed by atoms with E-state index in [1.165, 1.54) is 0 Å². The second-order valence-electron chi connectivity index (χ2n) is 4.61. The van der Waals surface area contributed by atoms with Crippen LogP contribution in [-0.2, 0) is 14.6 Å². The Labute approximate surface area is 92.2 Å². The van der Waals surface area contributed by atoms with Crippen LogP contribution in [0.5, 0.6) is 0 Å². The average Bonchev–Trinajstić information content (AvgIpc) is 2.16. The predicted octanol–water partition coefficient (Wildman–Crippen LogP) is 1.96. The lowest BCUT2D eigenvalue weighted by molar-refractivity contribution is -0.124. The van der Waals surface area contributed by atoms with Gasteiger partial charge in [-0.05, 0) is 33.1 Å². The van der Waals surface area contributed by atoms with E-state index in [2.05, 4.69) is 0 Å². The van der Waals surface area contributed by atoms with Crippen molar-refractivity contribution in [2.45, 2.75) is 51.2 Å². The molecule has 3 nitrogen and oxygen atoms in total. The van der Waals surface area contributed by atoms with Gasteiger partial charge in [0, 0.05) is 12.3 Å². The molecule has 0 heterocycles. The smallest absolute Gasteiger partial charge is 0.152 e. The number of carbonyl (C=O) groups is 1. The van der Waals surface area contributed by atoms with Crippen LogP contribution in [0.2, 0.25) is 0 Å². The Morgan fingerprint density at radius 2 is 2.00 bits per heavy atom. The summed E-state index contributed by atoms with van der Waals surface area (Å²) in [7, 11) is -2.97. The summed E-state index contributed by atoms with van der Waals surface area (Å²) in [5.74, 6) is 0.439. The molecule has 0 radical (unpaired) electrons. The second-order valence-corrected chi connectivity index (χ2v) is 7.29. The van der Waals surface area contributed by atoms with Gasteiger partial charge in [-0.15, -0.1) is 0 Å². The van der Waals surface area contributed by atoms with E-state index in [0.29, 0.717) is 12.8 Å². The standard InChI is InChI=1S/C11H20O3S/c1-9(2)15(13,14)8-7-10-5-3-4-6-11(10)12/h9-10H,3-8H2,1-2H3. The van der Waals surface area contributed by atoms with E-state index in [1.807, 2.05) is 0 Å². The largest absolute Gasteiger partial charge is 0.299 e. The highest BCUT2D eigenvalue weighted by molar-refractivity contribution is 7.91. The highest BCUT2D eigenvalue weighted by Crippen LogP contribution is 2.24. The van der Waals surface area contributed by atoms with E-state index < -0.39 is 9.84 Å². The molecular formula is C11H20O3S. The van der Waals surface area contributed by atoms with Gasteiger partial charge in [-0.1, -0.05) is 6.42 Å². The van der Waals surface area contributed by atoms with Crippen LogP contribution in [-0.4, -0.2) is 25.2 Å². The molecule has 0 aromatic rings. The molecule has 0 amide bonds. The molecule has 15 heavy (non-hydrogen) atoms. The minimum absolute atomic E-state index is 0.00674. The third kappa shape index (κ3) is 3.59. The lowest BCUT2D eigenvalue weighted by Crippen LogP contribution is -2.25. The van der Waals surface area contributed by atoms with Gasteiger partial charge in [0.2, 0.25) is 0 Å². The zero-order valence-electron chi connectivity index (χ0n) is 9.53. The Bertz CT molecular complexity index is 317. The molecule has 0 aliphatic heterocycles. The normalized spacial score (nSPS) is 23.4. The van der Waals surface area contributed by atoms with Crippen LogP contribution in [0.3, 0.4) is 0 Å². The van der Waals surface area contributed by atoms with Crippen LogP contribution in [0.25, 0.3) is 0 Å². The van der Waals surface area contributed by atoms with Crippen LogP contribution in [0.1, 0.15) is 46.0 Å². The maximum absolute atomic E-state index is 11.6. The summed E-state index contributed by atoms with van der Waals surface area (Å²) in [6.45, 7) is 3.38. The number of hydrogen-bond acceptors (Lipinski definition) is 3. The summed E-state index contributed by atoms with van der Waals surface area (Å²) in [6, 6.07) is 0. The molecule has 88 valence electrons. The van der Waals surface area contributed by atoms with E-state index in [-0.39, 0.29) is 22.7 Å². The van der Waals surface area contributed by atoms with Crippen molar-refractivity contribution >= 4 is 15.6 Å². The number of rotatable bonds is 4. The number of Topliss-reactive ketones (excluding diaryl/α,β-unsaturated/α-hetero) is 1. The van der Waals surface area contributed by atoms with Crippen molar-refractivity contribution in [3.05, 3.63) is 0 Å². The van der Waals surface area contributed by atoms with Gasteiger partial charge < -0.3 is 0 Å². The van der Waals surface area contributed by atoms with Crippen molar-refractivity contribution in [2.24, 2.45) is 5.92 Å². The van der Waals surface area contributed by atoms with Gasteiger partial charge in [0.25, 0.3) is 0 Å². The topological polar surface area (TPSA) is 51.2 Å². The molecule has 0 aromatic heterocycles. The Hall–Kier alpha value is -0.380. The lowest BCUT2D eigenvalue weighted by Gasteiger charge is -2.20. The van der Waals surface area contributed by atoms with Gasteiger partial charge in [0.15, 0.2) is 9.84 Å². The Morgan fingerprint density at radius 1 is 1.33 bits per heavy atom. The molecule has 1 fully saturated rings. The van der Waals surface area contributed by atoms with Gasteiger partial charge in [-0.2, -0.15) is 0 Å². The highest BCUT2D eigenvalue weighted by atomic mass is 32.2. The third-order valence-corrected chi connectivity index (χ3v) is 5.39. The molecule has 4 heteroatoms. The van der Waals surface area contributed by atoms with Crippen molar-refractivity contribution in [3.8, 4) is 0 Å². The van der Waals surface area contributed by atoms with Crippen LogP contribution >= 0.6 is 0 Å². The molecule has 1 aliphatic rings. The fraction of sp³-hybridized carbons (Fsp3) is 0.909. The fourth-order valence-electron chi connectivity index (χ4n) is 1.90. The summed E-state index contributed by atoms with van der Waals surface area (Å²) in [6.07, 6.45) is 4.10. The van der Waals surface area contributed by atoms with Crippen molar-refractivity contribution in [3.63, 3.8) is 0 Å². The van der Waals surface area contributed by atoms with Crippen LogP contribution < -0.4 is 0 Å². The second kappa shape index (κ2) is 5.10. The number of ketones is 1. The van der Waals surface area contributed by atoms with Crippen molar-refractivity contribution < 1.29 is 13.2 Å². The molecule has 1 aliphatic carbocycles. The van der Waals surface area contributed by atoms with Gasteiger partial charge in [0.05, 0.1) is 11.0 Å². The van der Waals surface area contributed by atoms with Crippen molar-refractivity contribution in [2.75, 3.05) is 5.75 Å². The number of sulfone groups is 1. The zero-order valence-corrected chi connectivity index (χ0v) is 10.3. The summed E-state index contributed by atoms with van der Waals surface area (Å²) < 4.78 is 23.1. The van der Waals surface area contributed by atoms with Gasteiger partial charge in [-0.3, -0.25) is 4.79 Å². The van der Waals surface area contributed by atoms with Crippen LogP contribution in [0.4, 0.5) is 0 Å². The summed E-state index contributed by atoms with van der Waals surface area (Å²) in [4.78, 5) is 11.5. The molecule has 1 rings (SSSR count). The predicted molar refractivity (Wildman–Crippen MR) is 60.5 cm³/mol. The first kappa shape index (κ1) is 12.7. The Balaban J connectivity index is 2.46. The molecule has 1 saturated carbocycles. The Kier molecular flexibility index (Phi) is 4.32. The van der Waals surface area contributed by atoms with Gasteiger partial charge in [-0.25, -0.2) is 8.42 Å². The molecular weight excluding hydrogens is 212 g/mol. The Morgan fingerprint density at radius 3 is 2.53 bits per heavy atom. The maximum atomic E-state index is 11.6. The first-order valence-electron chi connectivity index (χ1n) is 5.68. The van der Waals surface area contributed by atoms with Gasteiger partial charge >= 0.3 is 0 Å². The molecule has 0 aromatic carbocycles. The first-order chi connectivity index (χ1) is 6.93. The monoisotopic (exact) mass is 232 g/mol. The molecule has 1 unspecified atom stereocenters. The van der Waals surface area contributed by atoms with Crippen molar-refractivity contribution in [1.82, 2.24) is 0 Å². The molecule has 0 N–H and O–H groups in total. The first-order valence-corrected chi connectivity index (χ1v) is 7.39. The van der Waals surface area contributed by atoms with Crippen LogP contribution in [0, 0.1) is 5.92 Å². The van der Waals surface area contributed by atoms with E-state index in [9.17, 15) is 13.2 Å². The minimum Gasteiger partial charge on any atom is -0.299 e.